The molecule has 2 aliphatic heterocycles. The van der Waals surface area contributed by atoms with Crippen molar-refractivity contribution in [3.8, 4) is 0 Å². The molecule has 2 saturated carbocycles. The molecule has 0 aromatic heterocycles. The van der Waals surface area contributed by atoms with E-state index in [1.54, 1.807) is 53.4 Å². The van der Waals surface area contributed by atoms with Crippen LogP contribution >= 0.6 is 0 Å². The number of Topliss-reactive ketones (excluding diaryl/α,β-unsaturated/α-hetero) is 1. The van der Waals surface area contributed by atoms with Gasteiger partial charge in [-0.25, -0.2) is 22.6 Å². The van der Waals surface area contributed by atoms with E-state index in [1.807, 2.05) is 50.2 Å². The zero-order chi connectivity index (χ0) is 53.1. The number of ketones is 1. The summed E-state index contributed by atoms with van der Waals surface area (Å²) in [4.78, 5) is 61.6. The summed E-state index contributed by atoms with van der Waals surface area (Å²) in [7, 11) is 1.29. The van der Waals surface area contributed by atoms with Gasteiger partial charge in [0.05, 0.1) is 55.6 Å². The molecule has 3 amide bonds. The van der Waals surface area contributed by atoms with Crippen LogP contribution in [0.3, 0.4) is 0 Å². The summed E-state index contributed by atoms with van der Waals surface area (Å²) in [5, 5.41) is 10.3. The van der Waals surface area contributed by atoms with Crippen molar-refractivity contribution in [1.29, 1.82) is 0 Å². The first-order valence-electron chi connectivity index (χ1n) is 25.5. The third-order valence-electron chi connectivity index (χ3n) is 15.8. The molecule has 2 atom stereocenters. The van der Waals surface area contributed by atoms with Crippen molar-refractivity contribution >= 4 is 36.2 Å². The first-order valence-corrected chi connectivity index (χ1v) is 25.5. The molecule has 2 heterocycles. The van der Waals surface area contributed by atoms with Crippen molar-refractivity contribution in [3.63, 3.8) is 0 Å². The lowest BCUT2D eigenvalue weighted by atomic mass is 9.63. The minimum absolute atomic E-state index is 0.0120. The molecule has 396 valence electrons. The fraction of sp³-hybridized carbons (Fsp3) is 0.483. The van der Waals surface area contributed by atoms with E-state index in [0.29, 0.717) is 85.5 Å². The zero-order valence-corrected chi connectivity index (χ0v) is 42.9. The van der Waals surface area contributed by atoms with Gasteiger partial charge in [-0.1, -0.05) is 97.1 Å². The maximum absolute atomic E-state index is 13.4. The Kier molecular flexibility index (Phi) is 18.4. The lowest BCUT2D eigenvalue weighted by molar-refractivity contribution is -0.163. The van der Waals surface area contributed by atoms with Crippen LogP contribution in [-0.4, -0.2) is 101 Å². The SMILES string of the molecule is CC(=O)CC1(N2C=NCC2=O)CCC(CO[C@H](C)c2cc(CF)cc(CF)c2)(c2ccccc2)CC1.C[C@@H](OCC1(c2ccccc2)CCC(CC(=O)N(C)O)(N2C=NCC2=O)CC1)c1cc(CF)cc(CF)c1. The summed E-state index contributed by atoms with van der Waals surface area (Å²) in [6.45, 7) is 3.64. The van der Waals surface area contributed by atoms with Crippen molar-refractivity contribution in [2.24, 2.45) is 9.98 Å². The highest BCUT2D eigenvalue weighted by atomic mass is 19.1. The highest BCUT2D eigenvalue weighted by molar-refractivity contribution is 5.96. The molecule has 0 saturated heterocycles. The summed E-state index contributed by atoms with van der Waals surface area (Å²) < 4.78 is 66.2. The molecule has 4 aromatic rings. The molecular formula is C58H69F4N5O7. The largest absolute Gasteiger partial charge is 0.373 e. The minimum Gasteiger partial charge on any atom is -0.373 e. The van der Waals surface area contributed by atoms with E-state index in [0.717, 1.165) is 35.1 Å². The highest BCUT2D eigenvalue weighted by Gasteiger charge is 2.51. The van der Waals surface area contributed by atoms with Crippen LogP contribution in [0.1, 0.15) is 142 Å². The van der Waals surface area contributed by atoms with E-state index >= 15 is 0 Å². The number of carbonyl (C=O) groups is 4. The molecule has 0 radical (unpaired) electrons. The molecular weight excluding hydrogens is 955 g/mol. The van der Waals surface area contributed by atoms with Gasteiger partial charge in [-0.05, 0) is 117 Å². The Morgan fingerprint density at radius 3 is 1.24 bits per heavy atom. The molecule has 4 aliphatic rings. The molecule has 2 aliphatic carbocycles. The maximum atomic E-state index is 13.4. The molecule has 74 heavy (non-hydrogen) atoms. The van der Waals surface area contributed by atoms with Crippen molar-refractivity contribution in [3.05, 3.63) is 142 Å². The first-order chi connectivity index (χ1) is 35.5. The number of ether oxygens (including phenoxy) is 2. The second-order valence-corrected chi connectivity index (χ2v) is 20.8. The van der Waals surface area contributed by atoms with Crippen LogP contribution in [0.15, 0.2) is 107 Å². The second kappa shape index (κ2) is 24.5. The number of carbonyl (C=O) groups excluding carboxylic acids is 4. The molecule has 8 rings (SSSR count). The average molecular weight is 1020 g/mol. The predicted molar refractivity (Wildman–Crippen MR) is 274 cm³/mol. The van der Waals surface area contributed by atoms with E-state index in [9.17, 15) is 41.9 Å². The average Bonchev–Trinajstić information content (AvgIpc) is 4.08. The topological polar surface area (TPSA) is 141 Å². The summed E-state index contributed by atoms with van der Waals surface area (Å²) >= 11 is 0. The molecule has 1 N–H and O–H groups in total. The van der Waals surface area contributed by atoms with Gasteiger partial charge in [-0.15, -0.1) is 0 Å². The van der Waals surface area contributed by atoms with E-state index in [-0.39, 0.29) is 48.6 Å². The molecule has 4 aromatic carbocycles. The van der Waals surface area contributed by atoms with Gasteiger partial charge in [0.15, 0.2) is 0 Å². The summed E-state index contributed by atoms with van der Waals surface area (Å²) in [6, 6.07) is 30.1. The Balaban J connectivity index is 0.000000217. The minimum atomic E-state index is -0.791. The summed E-state index contributed by atoms with van der Waals surface area (Å²) in [5.41, 5.74) is 3.37. The van der Waals surface area contributed by atoms with Crippen molar-refractivity contribution in [1.82, 2.24) is 14.9 Å². The zero-order valence-electron chi connectivity index (χ0n) is 42.9. The predicted octanol–water partition coefficient (Wildman–Crippen LogP) is 10.9. The second-order valence-electron chi connectivity index (χ2n) is 20.8. The number of nitrogens with zero attached hydrogens (tertiary/aromatic N) is 5. The summed E-state index contributed by atoms with van der Waals surface area (Å²) in [5.74, 6) is -0.639. The Morgan fingerprint density at radius 2 is 0.946 bits per heavy atom. The lowest BCUT2D eigenvalue weighted by Gasteiger charge is -2.49. The Labute approximate surface area is 431 Å². The number of rotatable bonds is 20. The molecule has 0 unspecified atom stereocenters. The lowest BCUT2D eigenvalue weighted by Crippen LogP contribution is -2.56. The van der Waals surface area contributed by atoms with Crippen LogP contribution in [-0.2, 0) is 66.2 Å². The van der Waals surface area contributed by atoms with Gasteiger partial charge in [0, 0.05) is 24.3 Å². The Bertz CT molecular complexity index is 2590. The van der Waals surface area contributed by atoms with Crippen LogP contribution in [0.25, 0.3) is 0 Å². The number of hydrogen-bond acceptors (Lipinski definition) is 9. The van der Waals surface area contributed by atoms with Crippen LogP contribution in [0.2, 0.25) is 0 Å². The van der Waals surface area contributed by atoms with E-state index in [4.69, 9.17) is 9.47 Å². The maximum Gasteiger partial charge on any atom is 0.249 e. The van der Waals surface area contributed by atoms with Gasteiger partial charge >= 0.3 is 0 Å². The van der Waals surface area contributed by atoms with E-state index in [1.165, 1.54) is 19.5 Å². The quantitative estimate of drug-likeness (QED) is 0.0528. The molecule has 0 bridgehead atoms. The third kappa shape index (κ3) is 12.7. The van der Waals surface area contributed by atoms with Crippen LogP contribution in [0.5, 0.6) is 0 Å². The number of hydrogen-bond donors (Lipinski definition) is 1. The van der Waals surface area contributed by atoms with Crippen LogP contribution in [0.4, 0.5) is 17.6 Å². The van der Waals surface area contributed by atoms with Crippen LogP contribution < -0.4 is 0 Å². The van der Waals surface area contributed by atoms with Gasteiger partial charge < -0.3 is 9.47 Å². The number of halogens is 4. The van der Waals surface area contributed by atoms with Gasteiger partial charge in [0.2, 0.25) is 17.7 Å². The van der Waals surface area contributed by atoms with Crippen molar-refractivity contribution in [2.75, 3.05) is 33.4 Å². The molecule has 12 nitrogen and oxygen atoms in total. The Hall–Kier alpha value is -6.10. The number of aliphatic imine (C=N–C) groups is 2. The number of amides is 3. The molecule has 0 spiro atoms. The van der Waals surface area contributed by atoms with Gasteiger partial charge in [0.1, 0.15) is 45.6 Å². The highest BCUT2D eigenvalue weighted by Crippen LogP contribution is 2.50. The van der Waals surface area contributed by atoms with Gasteiger partial charge in [-0.3, -0.25) is 44.2 Å². The van der Waals surface area contributed by atoms with Gasteiger partial charge in [-0.2, -0.15) is 0 Å². The third-order valence-corrected chi connectivity index (χ3v) is 15.8. The molecule has 2 fully saturated rings. The van der Waals surface area contributed by atoms with Gasteiger partial charge in [0.25, 0.3) is 0 Å². The monoisotopic (exact) mass is 1020 g/mol. The number of alkyl halides is 4. The normalized spacial score (nSPS) is 24.4. The number of hydroxylamine groups is 2. The first kappa shape index (κ1) is 55.6. The van der Waals surface area contributed by atoms with Crippen LogP contribution in [0, 0.1) is 0 Å². The van der Waals surface area contributed by atoms with Crippen molar-refractivity contribution < 1.29 is 51.4 Å². The fourth-order valence-corrected chi connectivity index (χ4v) is 11.4. The standard InChI is InChI=1S/C29H35F2N3O4.C29H34F2N2O3/c1-21(24-13-22(16-30)12-23(14-24)17-31)38-19-28(25-6-4-3-5-7-25)8-10-29(11-9-28,15-26(35)33(2)37)34-20-32-18-27(34)36;1-21(34)15-29(33-20-32-18-27(33)35)10-8-28(9-11-29,26-6-4-3-5-7-26)19-36-22(2)25-13-23(16-30)12-24(14-25)17-31/h3-7,12-14,20-21,37H,8-11,15-19H2,1-2H3;3-7,12-14,20,22H,8-11,15-19H2,1-2H3/t21-,28?,29?;22-,28?,29?/m11/s1. The smallest absolute Gasteiger partial charge is 0.249 e. The molecule has 16 heteroatoms. The fourth-order valence-electron chi connectivity index (χ4n) is 11.4. The van der Waals surface area contributed by atoms with Crippen molar-refractivity contribution in [2.45, 2.75) is 146 Å². The summed E-state index contributed by atoms with van der Waals surface area (Å²) in [6.07, 6.45) is 7.71. The van der Waals surface area contributed by atoms with E-state index < -0.39 is 55.2 Å². The van der Waals surface area contributed by atoms with E-state index in [2.05, 4.69) is 34.3 Å². The Morgan fingerprint density at radius 1 is 0.595 bits per heavy atom. The number of benzene rings is 4.